The van der Waals surface area contributed by atoms with Gasteiger partial charge in [-0.2, -0.15) is 4.98 Å². The van der Waals surface area contributed by atoms with E-state index in [1.165, 1.54) is 0 Å². The number of aromatic nitrogens is 2. The monoisotopic (exact) mass is 199 g/mol. The van der Waals surface area contributed by atoms with Crippen LogP contribution >= 0.6 is 0 Å². The molecule has 1 heterocycles. The first-order valence-electron chi connectivity index (χ1n) is 4.85. The van der Waals surface area contributed by atoms with Crippen LogP contribution in [0, 0.1) is 0 Å². The molecule has 14 heavy (non-hydrogen) atoms. The molecule has 0 aromatic carbocycles. The van der Waals surface area contributed by atoms with Crippen LogP contribution in [0.5, 0.6) is 0 Å². The van der Waals surface area contributed by atoms with Crippen LogP contribution in [0.3, 0.4) is 0 Å². The highest BCUT2D eigenvalue weighted by atomic mass is 16.5. The Labute approximate surface area is 83.6 Å². The van der Waals surface area contributed by atoms with Gasteiger partial charge in [0.2, 0.25) is 5.89 Å². The maximum atomic E-state index is 5.82. The predicted molar refractivity (Wildman–Crippen MR) is 51.7 cm³/mol. The largest absolute Gasteiger partial charge is 0.384 e. The van der Waals surface area contributed by atoms with E-state index in [0.29, 0.717) is 24.7 Å². The molecular weight excluding hydrogens is 182 g/mol. The van der Waals surface area contributed by atoms with E-state index in [1.54, 1.807) is 7.11 Å². The molecule has 0 saturated heterocycles. The first-order valence-corrected chi connectivity index (χ1v) is 4.85. The zero-order valence-corrected chi connectivity index (χ0v) is 8.69. The van der Waals surface area contributed by atoms with Crippen molar-refractivity contribution >= 4 is 0 Å². The fourth-order valence-corrected chi connectivity index (χ4v) is 1.15. The van der Waals surface area contributed by atoms with Crippen molar-refractivity contribution in [2.24, 2.45) is 5.73 Å². The fourth-order valence-electron chi connectivity index (χ4n) is 1.15. The van der Waals surface area contributed by atoms with E-state index in [9.17, 15) is 0 Å². The van der Waals surface area contributed by atoms with Gasteiger partial charge >= 0.3 is 0 Å². The van der Waals surface area contributed by atoms with E-state index in [2.05, 4.69) is 17.1 Å². The number of nitrogens with zero attached hydrogens (tertiary/aromatic N) is 2. The lowest BCUT2D eigenvalue weighted by atomic mass is 10.2. The summed E-state index contributed by atoms with van der Waals surface area (Å²) in [6.45, 7) is 2.67. The van der Waals surface area contributed by atoms with Gasteiger partial charge in [-0.05, 0) is 6.42 Å². The maximum Gasteiger partial charge on any atom is 0.243 e. The van der Waals surface area contributed by atoms with E-state index in [-0.39, 0.29) is 6.04 Å². The molecule has 0 fully saturated rings. The SMILES string of the molecule is CCCC(N)c1nc(CCOC)no1. The molecular formula is C9H17N3O2. The van der Waals surface area contributed by atoms with Crippen molar-refractivity contribution in [1.29, 1.82) is 0 Å². The summed E-state index contributed by atoms with van der Waals surface area (Å²) in [5, 5.41) is 3.81. The molecule has 0 aliphatic heterocycles. The molecule has 0 aliphatic carbocycles. The molecule has 1 atom stereocenters. The second-order valence-corrected chi connectivity index (χ2v) is 3.19. The third-order valence-corrected chi connectivity index (χ3v) is 1.93. The Hall–Kier alpha value is -0.940. The van der Waals surface area contributed by atoms with Gasteiger partial charge < -0.3 is 15.0 Å². The summed E-state index contributed by atoms with van der Waals surface area (Å²) in [5.74, 6) is 1.19. The van der Waals surface area contributed by atoms with Crippen LogP contribution in [0.15, 0.2) is 4.52 Å². The zero-order chi connectivity index (χ0) is 10.4. The van der Waals surface area contributed by atoms with Crippen LogP contribution in [0.4, 0.5) is 0 Å². The van der Waals surface area contributed by atoms with Gasteiger partial charge in [0.05, 0.1) is 12.6 Å². The molecule has 5 heteroatoms. The van der Waals surface area contributed by atoms with Gasteiger partial charge in [-0.3, -0.25) is 0 Å². The predicted octanol–water partition coefficient (Wildman–Crippen LogP) is 1.06. The minimum absolute atomic E-state index is 0.135. The number of rotatable bonds is 6. The topological polar surface area (TPSA) is 74.2 Å². The van der Waals surface area contributed by atoms with E-state index in [1.807, 2.05) is 0 Å². The molecule has 0 saturated carbocycles. The van der Waals surface area contributed by atoms with Gasteiger partial charge in [0.1, 0.15) is 0 Å². The maximum absolute atomic E-state index is 5.82. The number of ether oxygens (including phenoxy) is 1. The van der Waals surface area contributed by atoms with Gasteiger partial charge in [-0.1, -0.05) is 18.5 Å². The Bertz CT molecular complexity index is 262. The molecule has 0 amide bonds. The van der Waals surface area contributed by atoms with Crippen LogP contribution in [0.25, 0.3) is 0 Å². The van der Waals surface area contributed by atoms with Crippen LogP contribution in [-0.2, 0) is 11.2 Å². The highest BCUT2D eigenvalue weighted by molar-refractivity contribution is 4.91. The molecule has 1 aromatic rings. The smallest absolute Gasteiger partial charge is 0.243 e. The molecule has 0 radical (unpaired) electrons. The van der Waals surface area contributed by atoms with Crippen molar-refractivity contribution in [3.05, 3.63) is 11.7 Å². The van der Waals surface area contributed by atoms with Gasteiger partial charge in [0.15, 0.2) is 5.82 Å². The van der Waals surface area contributed by atoms with Crippen molar-refractivity contribution in [2.45, 2.75) is 32.2 Å². The van der Waals surface area contributed by atoms with E-state index < -0.39 is 0 Å². The average molecular weight is 199 g/mol. The standard InChI is InChI=1S/C9H17N3O2/c1-3-4-7(10)9-11-8(12-14-9)5-6-13-2/h7H,3-6,10H2,1-2H3. The lowest BCUT2D eigenvalue weighted by Crippen LogP contribution is -2.10. The quantitative estimate of drug-likeness (QED) is 0.741. The van der Waals surface area contributed by atoms with E-state index in [0.717, 1.165) is 12.8 Å². The van der Waals surface area contributed by atoms with Crippen LogP contribution < -0.4 is 5.73 Å². The van der Waals surface area contributed by atoms with Gasteiger partial charge in [-0.25, -0.2) is 0 Å². The summed E-state index contributed by atoms with van der Waals surface area (Å²) in [4.78, 5) is 4.18. The summed E-state index contributed by atoms with van der Waals surface area (Å²) in [5.41, 5.74) is 5.82. The molecule has 1 aromatic heterocycles. The van der Waals surface area contributed by atoms with Crippen molar-refractivity contribution in [3.8, 4) is 0 Å². The molecule has 2 N–H and O–H groups in total. The lowest BCUT2D eigenvalue weighted by Gasteiger charge is -2.01. The normalized spacial score (nSPS) is 13.1. The third kappa shape index (κ3) is 3.08. The van der Waals surface area contributed by atoms with E-state index >= 15 is 0 Å². The first kappa shape index (κ1) is 11.1. The average Bonchev–Trinajstić information content (AvgIpc) is 2.63. The minimum atomic E-state index is -0.135. The van der Waals surface area contributed by atoms with Crippen molar-refractivity contribution < 1.29 is 9.26 Å². The molecule has 0 bridgehead atoms. The second-order valence-electron chi connectivity index (χ2n) is 3.19. The lowest BCUT2D eigenvalue weighted by molar-refractivity contribution is 0.199. The third-order valence-electron chi connectivity index (χ3n) is 1.93. The Kier molecular flexibility index (Phi) is 4.55. The number of methoxy groups -OCH3 is 1. The highest BCUT2D eigenvalue weighted by Gasteiger charge is 2.13. The van der Waals surface area contributed by atoms with Crippen LogP contribution in [0.1, 0.15) is 37.5 Å². The van der Waals surface area contributed by atoms with Gasteiger partial charge in [0, 0.05) is 13.5 Å². The van der Waals surface area contributed by atoms with Gasteiger partial charge in [0.25, 0.3) is 0 Å². The Morgan fingerprint density at radius 3 is 3.00 bits per heavy atom. The number of nitrogens with two attached hydrogens (primary N) is 1. The summed E-state index contributed by atoms with van der Waals surface area (Å²) >= 11 is 0. The highest BCUT2D eigenvalue weighted by Crippen LogP contribution is 2.13. The first-order chi connectivity index (χ1) is 6.77. The Morgan fingerprint density at radius 1 is 1.57 bits per heavy atom. The second kappa shape index (κ2) is 5.72. The zero-order valence-electron chi connectivity index (χ0n) is 8.69. The van der Waals surface area contributed by atoms with Crippen molar-refractivity contribution in [3.63, 3.8) is 0 Å². The summed E-state index contributed by atoms with van der Waals surface area (Å²) in [6, 6.07) is -0.135. The van der Waals surface area contributed by atoms with Crippen molar-refractivity contribution in [1.82, 2.24) is 10.1 Å². The summed E-state index contributed by atoms with van der Waals surface area (Å²) < 4.78 is 9.94. The summed E-state index contributed by atoms with van der Waals surface area (Å²) in [7, 11) is 1.64. The minimum Gasteiger partial charge on any atom is -0.384 e. The summed E-state index contributed by atoms with van der Waals surface area (Å²) in [6.07, 6.45) is 2.54. The number of hydrogen-bond acceptors (Lipinski definition) is 5. The van der Waals surface area contributed by atoms with Crippen LogP contribution in [-0.4, -0.2) is 23.9 Å². The molecule has 5 nitrogen and oxygen atoms in total. The Morgan fingerprint density at radius 2 is 2.36 bits per heavy atom. The Balaban J connectivity index is 2.49. The number of hydrogen-bond donors (Lipinski definition) is 1. The van der Waals surface area contributed by atoms with Crippen LogP contribution in [0.2, 0.25) is 0 Å². The fraction of sp³-hybridized carbons (Fsp3) is 0.778. The molecule has 80 valence electrons. The molecule has 1 unspecified atom stereocenters. The molecule has 0 aliphatic rings. The van der Waals surface area contributed by atoms with E-state index in [4.69, 9.17) is 15.0 Å². The molecule has 0 spiro atoms. The van der Waals surface area contributed by atoms with Crippen molar-refractivity contribution in [2.75, 3.05) is 13.7 Å². The molecule has 1 rings (SSSR count). The van der Waals surface area contributed by atoms with Gasteiger partial charge in [-0.15, -0.1) is 0 Å².